The van der Waals surface area contributed by atoms with Crippen LogP contribution in [0, 0.1) is 5.92 Å². The third kappa shape index (κ3) is 6.96. The Balaban J connectivity index is 1.80. The summed E-state index contributed by atoms with van der Waals surface area (Å²) in [5.41, 5.74) is 1.14. The molecule has 1 unspecified atom stereocenters. The highest BCUT2D eigenvalue weighted by molar-refractivity contribution is 5.76. The van der Waals surface area contributed by atoms with E-state index in [1.54, 1.807) is 7.11 Å². The van der Waals surface area contributed by atoms with Crippen LogP contribution >= 0.6 is 0 Å². The third-order valence-corrected chi connectivity index (χ3v) is 5.11. The van der Waals surface area contributed by atoms with E-state index in [0.29, 0.717) is 18.4 Å². The molecule has 26 heavy (non-hydrogen) atoms. The van der Waals surface area contributed by atoms with Crippen LogP contribution in [0.2, 0.25) is 0 Å². The monoisotopic (exact) mass is 361 g/mol. The van der Waals surface area contributed by atoms with Crippen molar-refractivity contribution in [3.8, 4) is 5.75 Å². The third-order valence-electron chi connectivity index (χ3n) is 5.11. The average Bonchev–Trinajstić information content (AvgIpc) is 2.64. The SMILES string of the molecule is COc1cccc(CCC(=O)NCC(CC(C)C)N2CCN(C)CC2)c1. The van der Waals surface area contributed by atoms with Crippen LogP contribution in [0.4, 0.5) is 0 Å². The van der Waals surface area contributed by atoms with E-state index in [1.807, 2.05) is 24.3 Å². The second-order valence-corrected chi connectivity index (χ2v) is 7.78. The fourth-order valence-corrected chi connectivity index (χ4v) is 3.50. The molecule has 1 N–H and O–H groups in total. The zero-order chi connectivity index (χ0) is 18.9. The Bertz CT molecular complexity index is 554. The van der Waals surface area contributed by atoms with Gasteiger partial charge in [-0.2, -0.15) is 0 Å². The minimum Gasteiger partial charge on any atom is -0.497 e. The molecule has 1 heterocycles. The second kappa shape index (κ2) is 10.5. The van der Waals surface area contributed by atoms with E-state index < -0.39 is 0 Å². The molecule has 1 aromatic carbocycles. The topological polar surface area (TPSA) is 44.8 Å². The minimum atomic E-state index is 0.135. The van der Waals surface area contributed by atoms with Gasteiger partial charge < -0.3 is 15.0 Å². The number of ether oxygens (including phenoxy) is 1. The molecular formula is C21H35N3O2. The van der Waals surface area contributed by atoms with Crippen LogP contribution in [0.25, 0.3) is 0 Å². The zero-order valence-electron chi connectivity index (χ0n) is 16.8. The molecule has 0 spiro atoms. The Hall–Kier alpha value is -1.59. The highest BCUT2D eigenvalue weighted by atomic mass is 16.5. The number of likely N-dealkylation sites (N-methyl/N-ethyl adjacent to an activating group) is 1. The Labute approximate surface area is 158 Å². The highest BCUT2D eigenvalue weighted by Crippen LogP contribution is 2.15. The van der Waals surface area contributed by atoms with Crippen molar-refractivity contribution in [1.29, 1.82) is 0 Å². The predicted molar refractivity (Wildman–Crippen MR) is 107 cm³/mol. The molecule has 1 aliphatic heterocycles. The molecule has 0 radical (unpaired) electrons. The van der Waals surface area contributed by atoms with E-state index >= 15 is 0 Å². The molecule has 0 bridgehead atoms. The molecule has 0 saturated carbocycles. The van der Waals surface area contributed by atoms with Crippen LogP contribution in [0.5, 0.6) is 5.75 Å². The lowest BCUT2D eigenvalue weighted by molar-refractivity contribution is -0.121. The van der Waals surface area contributed by atoms with Crippen molar-refractivity contribution in [2.24, 2.45) is 5.92 Å². The molecule has 1 aromatic rings. The van der Waals surface area contributed by atoms with E-state index in [9.17, 15) is 4.79 Å². The van der Waals surface area contributed by atoms with Crippen molar-refractivity contribution in [2.75, 3.05) is 46.9 Å². The van der Waals surface area contributed by atoms with Gasteiger partial charge in [-0.3, -0.25) is 9.69 Å². The van der Waals surface area contributed by atoms with Crippen molar-refractivity contribution < 1.29 is 9.53 Å². The van der Waals surface area contributed by atoms with E-state index in [4.69, 9.17) is 4.74 Å². The van der Waals surface area contributed by atoms with Gasteiger partial charge in [-0.05, 0) is 43.5 Å². The molecule has 1 atom stereocenters. The number of methoxy groups -OCH3 is 1. The summed E-state index contributed by atoms with van der Waals surface area (Å²) in [4.78, 5) is 17.2. The maximum atomic E-state index is 12.3. The van der Waals surface area contributed by atoms with Gasteiger partial charge in [0.25, 0.3) is 0 Å². The van der Waals surface area contributed by atoms with E-state index in [0.717, 1.165) is 56.9 Å². The molecular weight excluding hydrogens is 326 g/mol. The molecule has 1 saturated heterocycles. The Morgan fingerprint density at radius 3 is 2.62 bits per heavy atom. The normalized spacial score (nSPS) is 17.3. The molecule has 1 amide bonds. The Morgan fingerprint density at radius 2 is 1.96 bits per heavy atom. The van der Waals surface area contributed by atoms with Crippen molar-refractivity contribution >= 4 is 5.91 Å². The first-order valence-corrected chi connectivity index (χ1v) is 9.80. The molecule has 5 heteroatoms. The number of amides is 1. The van der Waals surface area contributed by atoms with Crippen LogP contribution < -0.4 is 10.1 Å². The van der Waals surface area contributed by atoms with Gasteiger partial charge in [0.05, 0.1) is 7.11 Å². The number of piperazine rings is 1. The van der Waals surface area contributed by atoms with Crippen LogP contribution in [-0.2, 0) is 11.2 Å². The first-order chi connectivity index (χ1) is 12.5. The molecule has 146 valence electrons. The molecule has 1 fully saturated rings. The largest absolute Gasteiger partial charge is 0.497 e. The lowest BCUT2D eigenvalue weighted by atomic mass is 10.0. The number of carbonyl (C=O) groups excluding carboxylic acids is 1. The van der Waals surface area contributed by atoms with Gasteiger partial charge in [0.2, 0.25) is 5.91 Å². The number of rotatable bonds is 9. The van der Waals surface area contributed by atoms with Crippen LogP contribution in [-0.4, -0.2) is 68.6 Å². The van der Waals surface area contributed by atoms with Gasteiger partial charge >= 0.3 is 0 Å². The average molecular weight is 362 g/mol. The number of carbonyl (C=O) groups is 1. The van der Waals surface area contributed by atoms with Crippen LogP contribution in [0.3, 0.4) is 0 Å². The van der Waals surface area contributed by atoms with Crippen molar-refractivity contribution in [1.82, 2.24) is 15.1 Å². The number of nitrogens with zero attached hydrogens (tertiary/aromatic N) is 2. The summed E-state index contributed by atoms with van der Waals surface area (Å²) < 4.78 is 5.24. The fraction of sp³-hybridized carbons (Fsp3) is 0.667. The Kier molecular flexibility index (Phi) is 8.39. The number of aryl methyl sites for hydroxylation is 1. The number of hydrogen-bond donors (Lipinski definition) is 1. The van der Waals surface area contributed by atoms with Crippen LogP contribution in [0.1, 0.15) is 32.3 Å². The molecule has 2 rings (SSSR count). The fourth-order valence-electron chi connectivity index (χ4n) is 3.50. The van der Waals surface area contributed by atoms with Crippen molar-refractivity contribution in [2.45, 2.75) is 39.2 Å². The molecule has 5 nitrogen and oxygen atoms in total. The van der Waals surface area contributed by atoms with E-state index in [-0.39, 0.29) is 5.91 Å². The minimum absolute atomic E-state index is 0.135. The van der Waals surface area contributed by atoms with Gasteiger partial charge in [-0.25, -0.2) is 0 Å². The van der Waals surface area contributed by atoms with Gasteiger partial charge in [-0.15, -0.1) is 0 Å². The number of benzene rings is 1. The van der Waals surface area contributed by atoms with E-state index in [2.05, 4.69) is 36.0 Å². The number of nitrogens with one attached hydrogen (secondary N) is 1. The summed E-state index contributed by atoms with van der Waals surface area (Å²) in [6.45, 7) is 9.66. The lowest BCUT2D eigenvalue weighted by Crippen LogP contribution is -2.52. The lowest BCUT2D eigenvalue weighted by Gasteiger charge is -2.38. The maximum absolute atomic E-state index is 12.3. The summed E-state index contributed by atoms with van der Waals surface area (Å²) >= 11 is 0. The van der Waals surface area contributed by atoms with Gasteiger partial charge in [-0.1, -0.05) is 26.0 Å². The molecule has 1 aliphatic rings. The van der Waals surface area contributed by atoms with Crippen molar-refractivity contribution in [3.05, 3.63) is 29.8 Å². The van der Waals surface area contributed by atoms with Crippen molar-refractivity contribution in [3.63, 3.8) is 0 Å². The first-order valence-electron chi connectivity index (χ1n) is 9.80. The van der Waals surface area contributed by atoms with Gasteiger partial charge in [0.1, 0.15) is 5.75 Å². The van der Waals surface area contributed by atoms with Crippen LogP contribution in [0.15, 0.2) is 24.3 Å². The maximum Gasteiger partial charge on any atom is 0.220 e. The molecule has 0 aromatic heterocycles. The zero-order valence-corrected chi connectivity index (χ0v) is 16.8. The highest BCUT2D eigenvalue weighted by Gasteiger charge is 2.23. The Morgan fingerprint density at radius 1 is 1.23 bits per heavy atom. The van der Waals surface area contributed by atoms with E-state index in [1.165, 1.54) is 0 Å². The summed E-state index contributed by atoms with van der Waals surface area (Å²) in [7, 11) is 3.84. The molecule has 0 aliphatic carbocycles. The second-order valence-electron chi connectivity index (χ2n) is 7.78. The quantitative estimate of drug-likeness (QED) is 0.734. The summed E-state index contributed by atoms with van der Waals surface area (Å²) in [6, 6.07) is 8.37. The summed E-state index contributed by atoms with van der Waals surface area (Å²) in [5, 5.41) is 3.17. The first kappa shape index (κ1) is 20.7. The summed E-state index contributed by atoms with van der Waals surface area (Å²) in [6.07, 6.45) is 2.39. The standard InChI is InChI=1S/C21H35N3O2/c1-17(2)14-19(24-12-10-23(3)11-13-24)16-22-21(25)9-8-18-6-5-7-20(15-18)26-4/h5-7,15,17,19H,8-14,16H2,1-4H3,(H,22,25). The van der Waals surface area contributed by atoms with Gasteiger partial charge in [0.15, 0.2) is 0 Å². The number of hydrogen-bond acceptors (Lipinski definition) is 4. The van der Waals surface area contributed by atoms with Gasteiger partial charge in [0, 0.05) is 45.2 Å². The smallest absolute Gasteiger partial charge is 0.220 e. The predicted octanol–water partition coefficient (Wildman–Crippen LogP) is 2.41. The summed E-state index contributed by atoms with van der Waals surface area (Å²) in [5.74, 6) is 1.61.